The van der Waals surface area contributed by atoms with Crippen LogP contribution in [0.1, 0.15) is 18.1 Å². The Kier molecular flexibility index (Phi) is 6.23. The summed E-state index contributed by atoms with van der Waals surface area (Å²) in [6.45, 7) is 3.50. The van der Waals surface area contributed by atoms with Gasteiger partial charge in [0.25, 0.3) is 0 Å². The van der Waals surface area contributed by atoms with E-state index >= 15 is 0 Å². The van der Waals surface area contributed by atoms with E-state index in [9.17, 15) is 4.79 Å². The van der Waals surface area contributed by atoms with Gasteiger partial charge >= 0.3 is 0 Å². The van der Waals surface area contributed by atoms with Crippen LogP contribution in [0.15, 0.2) is 42.5 Å². The third-order valence-corrected chi connectivity index (χ3v) is 4.24. The van der Waals surface area contributed by atoms with E-state index in [-0.39, 0.29) is 24.2 Å². The molecule has 0 aromatic heterocycles. The second-order valence-electron chi connectivity index (χ2n) is 5.97. The fourth-order valence-electron chi connectivity index (χ4n) is 2.65. The number of fused-ring (bicyclic) bond motifs is 1. The predicted octanol–water partition coefficient (Wildman–Crippen LogP) is 2.92. The second-order valence-corrected chi connectivity index (χ2v) is 5.97. The van der Waals surface area contributed by atoms with Gasteiger partial charge in [-0.25, -0.2) is 0 Å². The van der Waals surface area contributed by atoms with Crippen LogP contribution in [-0.4, -0.2) is 19.1 Å². The van der Waals surface area contributed by atoms with Crippen molar-refractivity contribution in [3.05, 3.63) is 53.6 Å². The van der Waals surface area contributed by atoms with Crippen molar-refractivity contribution >= 4 is 18.3 Å². The van der Waals surface area contributed by atoms with Crippen LogP contribution >= 0.6 is 12.4 Å². The molecule has 1 amide bonds. The molecule has 0 spiro atoms. The molecule has 3 rings (SSSR count). The van der Waals surface area contributed by atoms with Crippen LogP contribution in [0.3, 0.4) is 0 Å². The smallest absolute Gasteiger partial charge is 0.224 e. The van der Waals surface area contributed by atoms with Gasteiger partial charge in [0.15, 0.2) is 0 Å². The van der Waals surface area contributed by atoms with Gasteiger partial charge in [-0.05, 0) is 34.4 Å². The van der Waals surface area contributed by atoms with Gasteiger partial charge in [0.05, 0.1) is 6.61 Å². The van der Waals surface area contributed by atoms with Crippen molar-refractivity contribution in [3.63, 3.8) is 0 Å². The number of carbonyl (C=O) groups is 1. The summed E-state index contributed by atoms with van der Waals surface area (Å²) in [5, 5.41) is 2.91. The van der Waals surface area contributed by atoms with E-state index in [0.29, 0.717) is 13.1 Å². The molecule has 24 heavy (non-hydrogen) atoms. The maximum Gasteiger partial charge on any atom is 0.224 e. The molecule has 0 saturated heterocycles. The molecule has 1 atom stereocenters. The van der Waals surface area contributed by atoms with Gasteiger partial charge in [0.2, 0.25) is 5.91 Å². The topological polar surface area (TPSA) is 64.4 Å². The lowest BCUT2D eigenvalue weighted by Gasteiger charge is -2.10. The molecule has 0 bridgehead atoms. The molecule has 2 aromatic carbocycles. The summed E-state index contributed by atoms with van der Waals surface area (Å²) in [4.78, 5) is 11.7. The molecule has 1 aliphatic heterocycles. The number of hydrogen-bond acceptors (Lipinski definition) is 3. The van der Waals surface area contributed by atoms with Crippen LogP contribution in [0.4, 0.5) is 0 Å². The number of hydrogen-bond donors (Lipinski definition) is 2. The zero-order chi connectivity index (χ0) is 16.2. The van der Waals surface area contributed by atoms with Crippen molar-refractivity contribution in [3.8, 4) is 16.9 Å². The molecule has 2 aromatic rings. The van der Waals surface area contributed by atoms with Gasteiger partial charge in [-0.1, -0.05) is 37.3 Å². The lowest BCUT2D eigenvalue weighted by atomic mass is 10.0. The van der Waals surface area contributed by atoms with Crippen LogP contribution in [0.5, 0.6) is 5.75 Å². The van der Waals surface area contributed by atoms with Crippen LogP contribution in [-0.2, 0) is 17.8 Å². The first-order chi connectivity index (χ1) is 11.2. The quantitative estimate of drug-likeness (QED) is 0.874. The van der Waals surface area contributed by atoms with Crippen LogP contribution in [0, 0.1) is 5.92 Å². The van der Waals surface area contributed by atoms with Crippen molar-refractivity contribution in [2.24, 2.45) is 11.7 Å². The normalized spacial score (nSPS) is 13.4. The Hall–Kier alpha value is -2.04. The molecule has 0 fully saturated rings. The molecule has 5 heteroatoms. The van der Waals surface area contributed by atoms with Crippen LogP contribution in [0.25, 0.3) is 11.1 Å². The molecule has 0 aliphatic carbocycles. The predicted molar refractivity (Wildman–Crippen MR) is 98.4 cm³/mol. The Morgan fingerprint density at radius 1 is 1.21 bits per heavy atom. The van der Waals surface area contributed by atoms with E-state index in [4.69, 9.17) is 10.5 Å². The van der Waals surface area contributed by atoms with Crippen molar-refractivity contribution in [2.75, 3.05) is 13.2 Å². The Morgan fingerprint density at radius 2 is 1.92 bits per heavy atom. The summed E-state index contributed by atoms with van der Waals surface area (Å²) in [5.41, 5.74) is 10.2. The minimum absolute atomic E-state index is 0. The molecule has 3 N–H and O–H groups in total. The molecule has 1 aliphatic rings. The van der Waals surface area contributed by atoms with Gasteiger partial charge < -0.3 is 15.8 Å². The SMILES string of the molecule is CC(CN)C(=O)NCc1ccc(-c2ccc3c(c2)CCO3)cc1.Cl. The summed E-state index contributed by atoms with van der Waals surface area (Å²) in [6.07, 6.45) is 0.979. The van der Waals surface area contributed by atoms with E-state index in [1.165, 1.54) is 16.7 Å². The van der Waals surface area contributed by atoms with Gasteiger partial charge in [0.1, 0.15) is 5.75 Å². The summed E-state index contributed by atoms with van der Waals surface area (Å²) in [5.74, 6) is 0.847. The first-order valence-electron chi connectivity index (χ1n) is 8.00. The zero-order valence-electron chi connectivity index (χ0n) is 13.7. The van der Waals surface area contributed by atoms with Crippen molar-refractivity contribution < 1.29 is 9.53 Å². The number of halogens is 1. The fraction of sp³-hybridized carbons (Fsp3) is 0.316. The number of amides is 1. The summed E-state index contributed by atoms with van der Waals surface area (Å²) >= 11 is 0. The maximum absolute atomic E-state index is 11.7. The number of rotatable bonds is 5. The molecule has 1 heterocycles. The van der Waals surface area contributed by atoms with Gasteiger partial charge in [-0.3, -0.25) is 4.79 Å². The first-order valence-corrected chi connectivity index (χ1v) is 8.00. The summed E-state index contributed by atoms with van der Waals surface area (Å²) < 4.78 is 5.54. The maximum atomic E-state index is 11.7. The van der Waals surface area contributed by atoms with Crippen LogP contribution < -0.4 is 15.8 Å². The number of carbonyl (C=O) groups excluding carboxylic acids is 1. The van der Waals surface area contributed by atoms with E-state index in [2.05, 4.69) is 29.6 Å². The lowest BCUT2D eigenvalue weighted by Crippen LogP contribution is -2.32. The molecule has 0 radical (unpaired) electrons. The minimum atomic E-state index is -0.150. The highest BCUT2D eigenvalue weighted by molar-refractivity contribution is 5.85. The third kappa shape index (κ3) is 4.08. The molecule has 4 nitrogen and oxygen atoms in total. The first kappa shape index (κ1) is 18.3. The standard InChI is InChI=1S/C19H22N2O2.ClH/c1-13(11-20)19(22)21-12-14-2-4-15(5-3-14)16-6-7-18-17(10-16)8-9-23-18;/h2-7,10,13H,8-9,11-12,20H2,1H3,(H,21,22);1H. The van der Waals surface area contributed by atoms with Crippen molar-refractivity contribution in [2.45, 2.75) is 19.9 Å². The number of nitrogens with one attached hydrogen (secondary N) is 1. The van der Waals surface area contributed by atoms with Gasteiger partial charge in [-0.15, -0.1) is 12.4 Å². The second kappa shape index (κ2) is 8.18. The summed E-state index contributed by atoms with van der Waals surface area (Å²) in [7, 11) is 0. The number of benzene rings is 2. The average Bonchev–Trinajstić information content (AvgIpc) is 3.07. The molecule has 0 saturated carbocycles. The monoisotopic (exact) mass is 346 g/mol. The van der Waals surface area contributed by atoms with E-state index in [0.717, 1.165) is 24.3 Å². The van der Waals surface area contributed by atoms with E-state index < -0.39 is 0 Å². The highest BCUT2D eigenvalue weighted by atomic mass is 35.5. The Morgan fingerprint density at radius 3 is 2.62 bits per heavy atom. The Balaban J connectivity index is 0.00000208. The minimum Gasteiger partial charge on any atom is -0.493 e. The molecular formula is C19H23ClN2O2. The molecule has 128 valence electrons. The number of ether oxygens (including phenoxy) is 1. The number of nitrogens with two attached hydrogens (primary N) is 1. The highest BCUT2D eigenvalue weighted by Crippen LogP contribution is 2.30. The lowest BCUT2D eigenvalue weighted by molar-refractivity contribution is -0.124. The van der Waals surface area contributed by atoms with Gasteiger partial charge in [0, 0.05) is 25.4 Å². The van der Waals surface area contributed by atoms with Crippen LogP contribution in [0.2, 0.25) is 0 Å². The zero-order valence-corrected chi connectivity index (χ0v) is 14.6. The van der Waals surface area contributed by atoms with Gasteiger partial charge in [-0.2, -0.15) is 0 Å². The molecule has 1 unspecified atom stereocenters. The molecular weight excluding hydrogens is 324 g/mol. The van der Waals surface area contributed by atoms with E-state index in [1.807, 2.05) is 25.1 Å². The Labute approximate surface area is 148 Å². The van der Waals surface area contributed by atoms with Crippen molar-refractivity contribution in [1.82, 2.24) is 5.32 Å². The Bertz CT molecular complexity index is 701. The van der Waals surface area contributed by atoms with E-state index in [1.54, 1.807) is 0 Å². The largest absolute Gasteiger partial charge is 0.493 e. The average molecular weight is 347 g/mol. The third-order valence-electron chi connectivity index (χ3n) is 4.24. The highest BCUT2D eigenvalue weighted by Gasteiger charge is 2.13. The van der Waals surface area contributed by atoms with Crippen molar-refractivity contribution in [1.29, 1.82) is 0 Å². The fourth-order valence-corrected chi connectivity index (χ4v) is 2.65. The summed E-state index contributed by atoms with van der Waals surface area (Å²) in [6, 6.07) is 14.6.